The lowest BCUT2D eigenvalue weighted by atomic mass is 10.2. The van der Waals surface area contributed by atoms with Crippen LogP contribution < -0.4 is 0 Å². The van der Waals surface area contributed by atoms with Gasteiger partial charge >= 0.3 is 0 Å². The zero-order chi connectivity index (χ0) is 8.57. The molecule has 0 aromatic rings. The Balaban J connectivity index is 0. The van der Waals surface area contributed by atoms with E-state index < -0.39 is 5.97 Å². The molecule has 0 fully saturated rings. The standard InChI is InChI=1S/C5H9Cl.C2H4O2/c1-5(2)3-4-6;1-2(3)4/h3-5H,1-2H3;1H3,(H,3,4). The van der Waals surface area contributed by atoms with Crippen molar-refractivity contribution in [3.63, 3.8) is 0 Å². The molecule has 2 nitrogen and oxygen atoms in total. The first-order valence-corrected chi connectivity index (χ1v) is 3.40. The summed E-state index contributed by atoms with van der Waals surface area (Å²) < 4.78 is 0. The SMILES string of the molecule is CC(=O)O.CC(C)C=CCl. The van der Waals surface area contributed by atoms with Crippen LogP contribution in [-0.2, 0) is 4.79 Å². The highest BCUT2D eigenvalue weighted by Gasteiger charge is 1.77. The fourth-order valence-corrected chi connectivity index (χ4v) is 0.436. The van der Waals surface area contributed by atoms with Gasteiger partial charge in [-0.1, -0.05) is 31.5 Å². The molecule has 0 amide bonds. The maximum Gasteiger partial charge on any atom is 0.300 e. The number of rotatable bonds is 1. The van der Waals surface area contributed by atoms with E-state index in [1.807, 2.05) is 6.08 Å². The van der Waals surface area contributed by atoms with Crippen molar-refractivity contribution in [3.8, 4) is 0 Å². The lowest BCUT2D eigenvalue weighted by Gasteiger charge is -1.86. The van der Waals surface area contributed by atoms with Gasteiger partial charge in [0.05, 0.1) is 0 Å². The first-order chi connectivity index (χ1) is 4.50. The maximum atomic E-state index is 9.00. The summed E-state index contributed by atoms with van der Waals surface area (Å²) >= 11 is 5.22. The average Bonchev–Trinajstić information content (AvgIpc) is 1.62. The van der Waals surface area contributed by atoms with Crippen LogP contribution in [0.5, 0.6) is 0 Å². The number of halogens is 1. The Morgan fingerprint density at radius 3 is 1.90 bits per heavy atom. The number of carboxylic acids is 1. The van der Waals surface area contributed by atoms with Crippen LogP contribution in [0.3, 0.4) is 0 Å². The molecule has 0 heterocycles. The van der Waals surface area contributed by atoms with Gasteiger partial charge in [-0.3, -0.25) is 4.79 Å². The summed E-state index contributed by atoms with van der Waals surface area (Å²) in [5.41, 5.74) is 1.55. The van der Waals surface area contributed by atoms with Crippen molar-refractivity contribution in [3.05, 3.63) is 11.6 Å². The monoisotopic (exact) mass is 164 g/mol. The summed E-state index contributed by atoms with van der Waals surface area (Å²) in [7, 11) is 0. The predicted molar refractivity (Wildman–Crippen MR) is 43.1 cm³/mol. The molecular weight excluding hydrogens is 152 g/mol. The topological polar surface area (TPSA) is 37.3 Å². The third-order valence-electron chi connectivity index (χ3n) is 0.458. The second-order valence-corrected chi connectivity index (χ2v) is 2.33. The highest BCUT2D eigenvalue weighted by molar-refractivity contribution is 6.25. The fourth-order valence-electron chi connectivity index (χ4n) is 0.145. The molecular formula is C7H13ClO2. The summed E-state index contributed by atoms with van der Waals surface area (Å²) in [4.78, 5) is 9.00. The number of allylic oxidation sites excluding steroid dienone is 1. The van der Waals surface area contributed by atoms with Gasteiger partial charge in [-0.25, -0.2) is 0 Å². The minimum Gasteiger partial charge on any atom is -0.481 e. The molecule has 3 heteroatoms. The van der Waals surface area contributed by atoms with Crippen LogP contribution in [0, 0.1) is 5.92 Å². The van der Waals surface area contributed by atoms with Crippen molar-refractivity contribution in [2.24, 2.45) is 5.92 Å². The Kier molecular flexibility index (Phi) is 10.4. The Morgan fingerprint density at radius 2 is 1.90 bits per heavy atom. The third kappa shape index (κ3) is 50.7. The maximum absolute atomic E-state index is 9.00. The summed E-state index contributed by atoms with van der Waals surface area (Å²) in [6.45, 7) is 5.25. The van der Waals surface area contributed by atoms with Crippen LogP contribution in [0.15, 0.2) is 11.6 Å². The smallest absolute Gasteiger partial charge is 0.300 e. The van der Waals surface area contributed by atoms with E-state index in [0.29, 0.717) is 5.92 Å². The number of carboxylic acid groups (broad SMARTS) is 1. The average molecular weight is 165 g/mol. The molecule has 0 spiro atoms. The van der Waals surface area contributed by atoms with E-state index in [2.05, 4.69) is 13.8 Å². The molecule has 60 valence electrons. The molecule has 0 saturated carbocycles. The first kappa shape index (κ1) is 12.2. The Bertz CT molecular complexity index is 104. The summed E-state index contributed by atoms with van der Waals surface area (Å²) in [6.07, 6.45) is 1.93. The van der Waals surface area contributed by atoms with Crippen molar-refractivity contribution in [2.75, 3.05) is 0 Å². The zero-order valence-corrected chi connectivity index (χ0v) is 7.22. The largest absolute Gasteiger partial charge is 0.481 e. The predicted octanol–water partition coefficient (Wildman–Crippen LogP) is 2.49. The lowest BCUT2D eigenvalue weighted by molar-refractivity contribution is -0.134. The van der Waals surface area contributed by atoms with E-state index in [0.717, 1.165) is 6.92 Å². The lowest BCUT2D eigenvalue weighted by Crippen LogP contribution is -1.78. The number of carbonyl (C=O) groups is 1. The first-order valence-electron chi connectivity index (χ1n) is 2.97. The minimum absolute atomic E-state index is 0.586. The van der Waals surface area contributed by atoms with Crippen LogP contribution in [0.1, 0.15) is 20.8 Å². The number of hydrogen-bond acceptors (Lipinski definition) is 1. The summed E-state index contributed by atoms with van der Waals surface area (Å²) in [5.74, 6) is -0.248. The van der Waals surface area contributed by atoms with Crippen molar-refractivity contribution >= 4 is 17.6 Å². The molecule has 0 aliphatic heterocycles. The van der Waals surface area contributed by atoms with E-state index >= 15 is 0 Å². The quantitative estimate of drug-likeness (QED) is 0.647. The Hall–Kier alpha value is -0.500. The molecule has 1 N–H and O–H groups in total. The van der Waals surface area contributed by atoms with Crippen molar-refractivity contribution in [2.45, 2.75) is 20.8 Å². The van der Waals surface area contributed by atoms with Gasteiger partial charge < -0.3 is 5.11 Å². The van der Waals surface area contributed by atoms with Crippen LogP contribution in [0.25, 0.3) is 0 Å². The molecule has 0 radical (unpaired) electrons. The van der Waals surface area contributed by atoms with Crippen molar-refractivity contribution < 1.29 is 9.90 Å². The van der Waals surface area contributed by atoms with Gasteiger partial charge in [0.25, 0.3) is 5.97 Å². The Morgan fingerprint density at radius 1 is 1.60 bits per heavy atom. The van der Waals surface area contributed by atoms with Gasteiger partial charge in [-0.15, -0.1) is 0 Å². The third-order valence-corrected chi connectivity index (χ3v) is 0.603. The zero-order valence-electron chi connectivity index (χ0n) is 6.47. The molecule has 0 rings (SSSR count). The van der Waals surface area contributed by atoms with Gasteiger partial charge in [0.1, 0.15) is 0 Å². The van der Waals surface area contributed by atoms with Crippen molar-refractivity contribution in [1.82, 2.24) is 0 Å². The second-order valence-electron chi connectivity index (χ2n) is 2.08. The van der Waals surface area contributed by atoms with E-state index in [1.54, 1.807) is 5.54 Å². The van der Waals surface area contributed by atoms with Crippen LogP contribution in [0.4, 0.5) is 0 Å². The molecule has 0 aliphatic rings. The molecule has 0 saturated heterocycles. The summed E-state index contributed by atoms with van der Waals surface area (Å²) in [5, 5.41) is 7.42. The normalized spacial score (nSPS) is 9.30. The Labute approximate surface area is 66.5 Å². The van der Waals surface area contributed by atoms with Gasteiger partial charge in [0.2, 0.25) is 0 Å². The molecule has 0 aromatic carbocycles. The molecule has 0 unspecified atom stereocenters. The van der Waals surface area contributed by atoms with Gasteiger partial charge in [-0.05, 0) is 5.92 Å². The van der Waals surface area contributed by atoms with Gasteiger partial charge in [-0.2, -0.15) is 0 Å². The fraction of sp³-hybridized carbons (Fsp3) is 0.571. The highest BCUT2D eigenvalue weighted by atomic mass is 35.5. The van der Waals surface area contributed by atoms with Crippen LogP contribution in [0.2, 0.25) is 0 Å². The van der Waals surface area contributed by atoms with E-state index in [-0.39, 0.29) is 0 Å². The van der Waals surface area contributed by atoms with E-state index in [9.17, 15) is 0 Å². The number of aliphatic carboxylic acids is 1. The van der Waals surface area contributed by atoms with Gasteiger partial charge in [0, 0.05) is 12.5 Å². The second kappa shape index (κ2) is 8.50. The van der Waals surface area contributed by atoms with Gasteiger partial charge in [0.15, 0.2) is 0 Å². The molecule has 0 atom stereocenters. The van der Waals surface area contributed by atoms with E-state index in [4.69, 9.17) is 21.5 Å². The molecule has 0 aromatic heterocycles. The van der Waals surface area contributed by atoms with Crippen molar-refractivity contribution in [1.29, 1.82) is 0 Å². The number of hydrogen-bond donors (Lipinski definition) is 1. The van der Waals surface area contributed by atoms with E-state index in [1.165, 1.54) is 0 Å². The minimum atomic E-state index is -0.833. The summed E-state index contributed by atoms with van der Waals surface area (Å²) in [6, 6.07) is 0. The molecule has 0 bridgehead atoms. The highest BCUT2D eigenvalue weighted by Crippen LogP contribution is 1.93. The van der Waals surface area contributed by atoms with Crippen LogP contribution >= 0.6 is 11.6 Å². The van der Waals surface area contributed by atoms with Crippen LogP contribution in [-0.4, -0.2) is 11.1 Å². The molecule has 10 heavy (non-hydrogen) atoms. The molecule has 0 aliphatic carbocycles.